The standard InChI is InChI=1S/C14H20N4/c15-9-11-1-5-13(6-2-11)17-18-14-7-3-12(10-16)4-8-14/h11-13,17H,1-8H2. The van der Waals surface area contributed by atoms with Crippen molar-refractivity contribution in [1.29, 1.82) is 10.5 Å². The Bertz CT molecular complexity index is 370. The Morgan fingerprint density at radius 1 is 0.889 bits per heavy atom. The van der Waals surface area contributed by atoms with E-state index in [1.807, 2.05) is 0 Å². The van der Waals surface area contributed by atoms with E-state index in [-0.39, 0.29) is 11.8 Å². The van der Waals surface area contributed by atoms with Gasteiger partial charge in [0.05, 0.1) is 12.1 Å². The summed E-state index contributed by atoms with van der Waals surface area (Å²) in [7, 11) is 0. The largest absolute Gasteiger partial charge is 0.307 e. The predicted molar refractivity (Wildman–Crippen MR) is 69.5 cm³/mol. The number of rotatable bonds is 2. The highest BCUT2D eigenvalue weighted by Gasteiger charge is 2.21. The van der Waals surface area contributed by atoms with Gasteiger partial charge in [-0.25, -0.2) is 0 Å². The molecular weight excluding hydrogens is 224 g/mol. The van der Waals surface area contributed by atoms with Crippen molar-refractivity contribution in [3.05, 3.63) is 0 Å². The van der Waals surface area contributed by atoms with Crippen LogP contribution in [0.5, 0.6) is 0 Å². The van der Waals surface area contributed by atoms with E-state index in [1.54, 1.807) is 0 Å². The molecule has 4 nitrogen and oxygen atoms in total. The first kappa shape index (κ1) is 12.9. The second-order valence-electron chi connectivity index (χ2n) is 5.39. The first-order valence-corrected chi connectivity index (χ1v) is 6.92. The lowest BCUT2D eigenvalue weighted by Gasteiger charge is -2.25. The molecule has 0 aromatic heterocycles. The van der Waals surface area contributed by atoms with Gasteiger partial charge >= 0.3 is 0 Å². The van der Waals surface area contributed by atoms with Crippen molar-refractivity contribution < 1.29 is 0 Å². The van der Waals surface area contributed by atoms with Gasteiger partial charge in [-0.3, -0.25) is 0 Å². The molecule has 2 rings (SSSR count). The van der Waals surface area contributed by atoms with Crippen LogP contribution in [0.25, 0.3) is 0 Å². The zero-order valence-corrected chi connectivity index (χ0v) is 10.7. The second kappa shape index (κ2) is 6.40. The van der Waals surface area contributed by atoms with Gasteiger partial charge in [-0.15, -0.1) is 0 Å². The molecule has 1 N–H and O–H groups in total. The monoisotopic (exact) mass is 244 g/mol. The highest BCUT2D eigenvalue weighted by molar-refractivity contribution is 5.85. The highest BCUT2D eigenvalue weighted by Crippen LogP contribution is 2.24. The maximum Gasteiger partial charge on any atom is 0.0656 e. The summed E-state index contributed by atoms with van der Waals surface area (Å²) in [5, 5.41) is 22.2. The first-order valence-electron chi connectivity index (χ1n) is 6.92. The predicted octanol–water partition coefficient (Wildman–Crippen LogP) is 2.73. The molecule has 4 heteroatoms. The van der Waals surface area contributed by atoms with Crippen LogP contribution in [-0.2, 0) is 0 Å². The molecule has 2 aliphatic rings. The van der Waals surface area contributed by atoms with Gasteiger partial charge in [-0.2, -0.15) is 15.6 Å². The molecule has 0 saturated heterocycles. The number of nitrogens with one attached hydrogen (secondary N) is 1. The van der Waals surface area contributed by atoms with Gasteiger partial charge < -0.3 is 5.43 Å². The van der Waals surface area contributed by atoms with Crippen LogP contribution in [0.1, 0.15) is 51.4 Å². The Morgan fingerprint density at radius 2 is 1.44 bits per heavy atom. The van der Waals surface area contributed by atoms with E-state index in [2.05, 4.69) is 22.7 Å². The molecular formula is C14H20N4. The van der Waals surface area contributed by atoms with Crippen LogP contribution < -0.4 is 5.43 Å². The normalized spacial score (nSPS) is 32.1. The van der Waals surface area contributed by atoms with E-state index in [4.69, 9.17) is 10.5 Å². The number of nitrogens with zero attached hydrogens (tertiary/aromatic N) is 3. The Kier molecular flexibility index (Phi) is 4.59. The maximum absolute atomic E-state index is 8.83. The molecule has 0 aliphatic heterocycles. The van der Waals surface area contributed by atoms with E-state index >= 15 is 0 Å². The summed E-state index contributed by atoms with van der Waals surface area (Å²) in [6.07, 6.45) is 7.92. The molecule has 2 fully saturated rings. The Morgan fingerprint density at radius 3 is 2.00 bits per heavy atom. The molecule has 0 amide bonds. The fraction of sp³-hybridized carbons (Fsp3) is 0.786. The third-order valence-electron chi connectivity index (χ3n) is 4.06. The van der Waals surface area contributed by atoms with Gasteiger partial charge in [0.15, 0.2) is 0 Å². The van der Waals surface area contributed by atoms with E-state index in [0.29, 0.717) is 6.04 Å². The molecule has 0 heterocycles. The van der Waals surface area contributed by atoms with Crippen molar-refractivity contribution in [1.82, 2.24) is 5.43 Å². The quantitative estimate of drug-likeness (QED) is 0.759. The molecule has 96 valence electrons. The molecule has 0 bridgehead atoms. The van der Waals surface area contributed by atoms with E-state index < -0.39 is 0 Å². The first-order chi connectivity index (χ1) is 8.81. The second-order valence-corrected chi connectivity index (χ2v) is 5.39. The van der Waals surface area contributed by atoms with E-state index in [0.717, 1.165) is 51.4 Å². The molecule has 2 aliphatic carbocycles. The van der Waals surface area contributed by atoms with Crippen molar-refractivity contribution in [2.75, 3.05) is 0 Å². The maximum atomic E-state index is 8.83. The zero-order chi connectivity index (χ0) is 12.8. The van der Waals surface area contributed by atoms with Crippen molar-refractivity contribution >= 4 is 5.71 Å². The molecule has 18 heavy (non-hydrogen) atoms. The van der Waals surface area contributed by atoms with E-state index in [1.165, 1.54) is 5.71 Å². The number of hydrogen-bond donors (Lipinski definition) is 1. The SMILES string of the molecule is N#CC1CCC(=NNC2CCC(C#N)CC2)CC1. The molecule has 0 spiro atoms. The third kappa shape index (κ3) is 3.47. The lowest BCUT2D eigenvalue weighted by molar-refractivity contribution is 0.336. The van der Waals surface area contributed by atoms with Gasteiger partial charge in [0.1, 0.15) is 0 Å². The average Bonchev–Trinajstić information content (AvgIpc) is 2.46. The average molecular weight is 244 g/mol. The molecule has 0 aromatic carbocycles. The molecule has 0 aromatic rings. The summed E-state index contributed by atoms with van der Waals surface area (Å²) in [4.78, 5) is 0. The third-order valence-corrected chi connectivity index (χ3v) is 4.06. The minimum Gasteiger partial charge on any atom is -0.307 e. The molecule has 0 unspecified atom stereocenters. The van der Waals surface area contributed by atoms with Gasteiger partial charge in [-0.05, 0) is 51.4 Å². The number of nitriles is 2. The van der Waals surface area contributed by atoms with Crippen LogP contribution in [0.4, 0.5) is 0 Å². The minimum atomic E-state index is 0.231. The number of hydrazone groups is 1. The Labute approximate surface area is 109 Å². The Hall–Kier alpha value is -1.55. The fourth-order valence-corrected chi connectivity index (χ4v) is 2.73. The summed E-state index contributed by atoms with van der Waals surface area (Å²) in [5.74, 6) is 0.483. The lowest BCUT2D eigenvalue weighted by atomic mass is 9.87. The summed E-state index contributed by atoms with van der Waals surface area (Å²) in [5.41, 5.74) is 4.48. The van der Waals surface area contributed by atoms with Crippen LogP contribution in [0.2, 0.25) is 0 Å². The fourth-order valence-electron chi connectivity index (χ4n) is 2.73. The van der Waals surface area contributed by atoms with Gasteiger partial charge in [0.2, 0.25) is 0 Å². The number of hydrogen-bond acceptors (Lipinski definition) is 4. The van der Waals surface area contributed by atoms with Crippen LogP contribution in [0.15, 0.2) is 5.10 Å². The summed E-state index contributed by atoms with van der Waals surface area (Å²) in [6, 6.07) is 5.12. The smallest absolute Gasteiger partial charge is 0.0656 e. The topological polar surface area (TPSA) is 72.0 Å². The van der Waals surface area contributed by atoms with Crippen molar-refractivity contribution in [2.45, 2.75) is 57.4 Å². The van der Waals surface area contributed by atoms with Crippen molar-refractivity contribution in [2.24, 2.45) is 16.9 Å². The van der Waals surface area contributed by atoms with Gasteiger partial charge in [0, 0.05) is 23.6 Å². The minimum absolute atomic E-state index is 0.231. The zero-order valence-electron chi connectivity index (χ0n) is 10.7. The van der Waals surface area contributed by atoms with Crippen molar-refractivity contribution in [3.8, 4) is 12.1 Å². The summed E-state index contributed by atoms with van der Waals surface area (Å²) in [6.45, 7) is 0. The molecule has 2 saturated carbocycles. The Balaban J connectivity index is 1.72. The van der Waals surface area contributed by atoms with Crippen LogP contribution in [-0.4, -0.2) is 11.8 Å². The molecule has 0 radical (unpaired) electrons. The summed E-state index contributed by atoms with van der Waals surface area (Å²) < 4.78 is 0. The highest BCUT2D eigenvalue weighted by atomic mass is 15.3. The lowest BCUT2D eigenvalue weighted by Crippen LogP contribution is -2.30. The summed E-state index contributed by atoms with van der Waals surface area (Å²) >= 11 is 0. The van der Waals surface area contributed by atoms with E-state index in [9.17, 15) is 0 Å². The van der Waals surface area contributed by atoms with Gasteiger partial charge in [-0.1, -0.05) is 0 Å². The van der Waals surface area contributed by atoms with Crippen LogP contribution in [0, 0.1) is 34.5 Å². The van der Waals surface area contributed by atoms with Crippen molar-refractivity contribution in [3.63, 3.8) is 0 Å². The van der Waals surface area contributed by atoms with Crippen LogP contribution >= 0.6 is 0 Å². The van der Waals surface area contributed by atoms with Gasteiger partial charge in [0.25, 0.3) is 0 Å². The van der Waals surface area contributed by atoms with Crippen LogP contribution in [0.3, 0.4) is 0 Å². The molecule has 0 atom stereocenters.